The molecule has 1 aliphatic heterocycles. The summed E-state index contributed by atoms with van der Waals surface area (Å²) in [5, 5.41) is 9.97. The van der Waals surface area contributed by atoms with E-state index in [0.717, 1.165) is 34.8 Å². The molecular weight excluding hydrogens is 408 g/mol. The number of fused-ring (bicyclic) bond motifs is 2. The highest BCUT2D eigenvalue weighted by Crippen LogP contribution is 2.37. The number of rotatable bonds is 6. The minimum Gasteiger partial charge on any atom is -0.486 e. The van der Waals surface area contributed by atoms with Gasteiger partial charge < -0.3 is 20.1 Å². The summed E-state index contributed by atoms with van der Waals surface area (Å²) in [7, 11) is 1.97. The van der Waals surface area contributed by atoms with Crippen LogP contribution >= 0.6 is 11.3 Å². The number of benzene rings is 2. The maximum atomic E-state index is 5.75. The van der Waals surface area contributed by atoms with Gasteiger partial charge in [0, 0.05) is 22.9 Å². The van der Waals surface area contributed by atoms with Crippen LogP contribution in [0.15, 0.2) is 54.2 Å². The van der Waals surface area contributed by atoms with Crippen molar-refractivity contribution in [3.05, 3.63) is 64.6 Å². The first-order valence-corrected chi connectivity index (χ1v) is 11.2. The second-order valence-corrected chi connectivity index (χ2v) is 8.47. The smallest absolute Gasteiger partial charge is 0.163 e. The summed E-state index contributed by atoms with van der Waals surface area (Å²) in [5.74, 6) is 2.27. The van der Waals surface area contributed by atoms with E-state index in [1.165, 1.54) is 21.6 Å². The molecule has 0 spiro atoms. The molecule has 0 bridgehead atoms. The zero-order chi connectivity index (χ0) is 21.2. The molecule has 0 saturated carbocycles. The lowest BCUT2D eigenvalue weighted by molar-refractivity contribution is 0.172. The number of aromatic nitrogens is 2. The molecule has 2 N–H and O–H groups in total. The zero-order valence-electron chi connectivity index (χ0n) is 17.5. The molecule has 3 heterocycles. The topological polar surface area (TPSA) is 68.3 Å². The van der Waals surface area contributed by atoms with Crippen molar-refractivity contribution in [1.82, 2.24) is 15.3 Å². The van der Waals surface area contributed by atoms with Gasteiger partial charge >= 0.3 is 0 Å². The van der Waals surface area contributed by atoms with E-state index in [9.17, 15) is 0 Å². The van der Waals surface area contributed by atoms with Crippen LogP contribution in [-0.2, 0) is 6.54 Å². The van der Waals surface area contributed by atoms with Crippen molar-refractivity contribution < 1.29 is 9.47 Å². The van der Waals surface area contributed by atoms with E-state index in [4.69, 9.17) is 9.47 Å². The predicted octanol–water partition coefficient (Wildman–Crippen LogP) is 5.02. The molecule has 6 nitrogen and oxygen atoms in total. The lowest BCUT2D eigenvalue weighted by atomic mass is 10.0. The summed E-state index contributed by atoms with van der Waals surface area (Å²) < 4.78 is 11.4. The highest BCUT2D eigenvalue weighted by Gasteiger charge is 2.17. The summed E-state index contributed by atoms with van der Waals surface area (Å²) in [4.78, 5) is 10.2. The molecule has 0 amide bonds. The molecule has 0 radical (unpaired) electrons. The average molecular weight is 433 g/mol. The lowest BCUT2D eigenvalue weighted by Crippen LogP contribution is -2.15. The van der Waals surface area contributed by atoms with Crippen LogP contribution in [-0.4, -0.2) is 30.2 Å². The summed E-state index contributed by atoms with van der Waals surface area (Å²) >= 11 is 1.76. The van der Waals surface area contributed by atoms with E-state index in [0.29, 0.717) is 13.2 Å². The van der Waals surface area contributed by atoms with Gasteiger partial charge in [-0.25, -0.2) is 9.97 Å². The van der Waals surface area contributed by atoms with Crippen LogP contribution in [0.1, 0.15) is 23.4 Å². The summed E-state index contributed by atoms with van der Waals surface area (Å²) in [6, 6.07) is 14.8. The number of thiophene rings is 1. The van der Waals surface area contributed by atoms with Gasteiger partial charge in [-0.1, -0.05) is 24.3 Å². The Morgan fingerprint density at radius 2 is 1.87 bits per heavy atom. The number of anilines is 1. The third-order valence-corrected chi connectivity index (χ3v) is 6.51. The first kappa shape index (κ1) is 19.8. The Morgan fingerprint density at radius 1 is 1.06 bits per heavy atom. The minimum absolute atomic E-state index is 0.0986. The molecule has 1 unspecified atom stereocenters. The summed E-state index contributed by atoms with van der Waals surface area (Å²) in [6.07, 6.45) is 1.58. The number of nitrogens with zero attached hydrogens (tertiary/aromatic N) is 2. The fraction of sp³-hybridized carbons (Fsp3) is 0.250. The van der Waals surface area contributed by atoms with Crippen LogP contribution in [0.5, 0.6) is 11.5 Å². The molecule has 1 aliphatic rings. The van der Waals surface area contributed by atoms with Gasteiger partial charge in [-0.2, -0.15) is 0 Å². The van der Waals surface area contributed by atoms with E-state index in [2.05, 4.69) is 63.2 Å². The fourth-order valence-corrected chi connectivity index (χ4v) is 4.77. The second-order valence-electron chi connectivity index (χ2n) is 7.53. The van der Waals surface area contributed by atoms with Gasteiger partial charge in [-0.05, 0) is 48.2 Å². The van der Waals surface area contributed by atoms with Gasteiger partial charge in [0.05, 0.1) is 11.6 Å². The number of ether oxygens (including phenoxy) is 2. The maximum Gasteiger partial charge on any atom is 0.163 e. The Labute approximate surface area is 185 Å². The third kappa shape index (κ3) is 3.94. The molecule has 0 saturated heterocycles. The second kappa shape index (κ2) is 8.53. The number of nitrogens with one attached hydrogen (secondary N) is 2. The van der Waals surface area contributed by atoms with Crippen molar-refractivity contribution in [2.75, 3.05) is 25.6 Å². The first-order chi connectivity index (χ1) is 15.2. The normalized spacial score (nSPS) is 13.9. The highest BCUT2D eigenvalue weighted by atomic mass is 32.1. The fourth-order valence-electron chi connectivity index (χ4n) is 3.85. The molecule has 0 fully saturated rings. The Bertz CT molecular complexity index is 1220. The van der Waals surface area contributed by atoms with E-state index < -0.39 is 0 Å². The van der Waals surface area contributed by atoms with Crippen molar-refractivity contribution in [3.63, 3.8) is 0 Å². The zero-order valence-corrected chi connectivity index (χ0v) is 18.3. The van der Waals surface area contributed by atoms with E-state index >= 15 is 0 Å². The van der Waals surface area contributed by atoms with Crippen molar-refractivity contribution in [2.24, 2.45) is 0 Å². The van der Waals surface area contributed by atoms with Crippen LogP contribution < -0.4 is 20.1 Å². The predicted molar refractivity (Wildman–Crippen MR) is 125 cm³/mol. The van der Waals surface area contributed by atoms with Crippen molar-refractivity contribution in [1.29, 1.82) is 0 Å². The summed E-state index contributed by atoms with van der Waals surface area (Å²) in [6.45, 7) is 4.11. The standard InChI is InChI=1S/C24H24N4O2S/c1-15(23-9-17(13-31-23)18-6-4-3-5-16(18)12-25-2)28-24-19-10-21-22(30-8-7-29-21)11-20(19)26-14-27-24/h3-6,9-11,13-15,25H,7-8,12H2,1-2H3,(H,26,27,28). The Kier molecular flexibility index (Phi) is 5.44. The van der Waals surface area contributed by atoms with Crippen LogP contribution in [0, 0.1) is 0 Å². The SMILES string of the molecule is CNCc1ccccc1-c1csc(C(C)Nc2ncnc3cc4c(cc23)OCCO4)c1. The van der Waals surface area contributed by atoms with Gasteiger partial charge in [-0.15, -0.1) is 11.3 Å². The van der Waals surface area contributed by atoms with E-state index in [-0.39, 0.29) is 6.04 Å². The van der Waals surface area contributed by atoms with Gasteiger partial charge in [0.15, 0.2) is 11.5 Å². The van der Waals surface area contributed by atoms with Gasteiger partial charge in [0.2, 0.25) is 0 Å². The third-order valence-electron chi connectivity index (χ3n) is 5.39. The van der Waals surface area contributed by atoms with Gasteiger partial charge in [-0.3, -0.25) is 0 Å². The highest BCUT2D eigenvalue weighted by molar-refractivity contribution is 7.10. The average Bonchev–Trinajstić information content (AvgIpc) is 3.29. The maximum absolute atomic E-state index is 5.75. The molecule has 5 rings (SSSR count). The van der Waals surface area contributed by atoms with Crippen molar-refractivity contribution >= 4 is 28.1 Å². The van der Waals surface area contributed by atoms with Crippen LogP contribution in [0.2, 0.25) is 0 Å². The quantitative estimate of drug-likeness (QED) is 0.446. The molecule has 0 aliphatic carbocycles. The largest absolute Gasteiger partial charge is 0.486 e. The number of hydrogen-bond acceptors (Lipinski definition) is 7. The first-order valence-electron chi connectivity index (χ1n) is 10.3. The van der Waals surface area contributed by atoms with E-state index in [1.54, 1.807) is 17.7 Å². The minimum atomic E-state index is 0.0986. The van der Waals surface area contributed by atoms with Crippen molar-refractivity contribution in [3.8, 4) is 22.6 Å². The van der Waals surface area contributed by atoms with Crippen LogP contribution in [0.25, 0.3) is 22.0 Å². The molecule has 158 valence electrons. The van der Waals surface area contributed by atoms with E-state index in [1.807, 2.05) is 19.2 Å². The molecule has 4 aromatic rings. The monoisotopic (exact) mass is 432 g/mol. The van der Waals surface area contributed by atoms with Crippen LogP contribution in [0.4, 0.5) is 5.82 Å². The lowest BCUT2D eigenvalue weighted by Gasteiger charge is -2.20. The van der Waals surface area contributed by atoms with Crippen molar-refractivity contribution in [2.45, 2.75) is 19.5 Å². The van der Waals surface area contributed by atoms with Gasteiger partial charge in [0.25, 0.3) is 0 Å². The molecule has 2 aromatic heterocycles. The Balaban J connectivity index is 1.42. The van der Waals surface area contributed by atoms with Gasteiger partial charge in [0.1, 0.15) is 25.4 Å². The number of hydrogen-bond donors (Lipinski definition) is 2. The summed E-state index contributed by atoms with van der Waals surface area (Å²) in [5.41, 5.74) is 4.64. The molecule has 1 atom stereocenters. The molecule has 31 heavy (non-hydrogen) atoms. The Morgan fingerprint density at radius 3 is 2.71 bits per heavy atom. The van der Waals surface area contributed by atoms with Crippen LogP contribution in [0.3, 0.4) is 0 Å². The Hall–Kier alpha value is -3.16. The molecular formula is C24H24N4O2S. The molecule has 2 aromatic carbocycles. The molecule has 7 heteroatoms.